The first-order chi connectivity index (χ1) is 23.0. The van der Waals surface area contributed by atoms with Crippen molar-refractivity contribution in [2.45, 2.75) is 50.2 Å². The van der Waals surface area contributed by atoms with E-state index in [4.69, 9.17) is 9.47 Å². The molecule has 0 spiro atoms. The number of amides is 2. The van der Waals surface area contributed by atoms with E-state index in [2.05, 4.69) is 21.2 Å². The summed E-state index contributed by atoms with van der Waals surface area (Å²) in [7, 11) is -4.41. The zero-order valence-corrected chi connectivity index (χ0v) is 29.0. The second-order valence-electron chi connectivity index (χ2n) is 11.5. The number of anilines is 1. The van der Waals surface area contributed by atoms with Gasteiger partial charge in [0.05, 0.1) is 10.6 Å². The minimum absolute atomic E-state index is 0.0267. The lowest BCUT2D eigenvalue weighted by atomic mass is 10.0. The Kier molecular flexibility index (Phi) is 11.4. The molecule has 0 fully saturated rings. The Morgan fingerprint density at radius 3 is 2.23 bits per heavy atom. The van der Waals surface area contributed by atoms with E-state index < -0.39 is 34.3 Å². The number of rotatable bonds is 13. The number of nitrogens with one attached hydrogen (secondary N) is 1. The van der Waals surface area contributed by atoms with Crippen LogP contribution in [0, 0.1) is 5.82 Å². The smallest absolute Gasteiger partial charge is 0.264 e. The Morgan fingerprint density at radius 1 is 0.896 bits per heavy atom. The maximum Gasteiger partial charge on any atom is 0.264 e. The predicted octanol–water partition coefficient (Wildman–Crippen LogP) is 6.11. The predicted molar refractivity (Wildman–Crippen MR) is 185 cm³/mol. The second kappa shape index (κ2) is 15.7. The molecule has 4 aromatic rings. The van der Waals surface area contributed by atoms with Gasteiger partial charge in [-0.1, -0.05) is 65.3 Å². The van der Waals surface area contributed by atoms with Gasteiger partial charge in [-0.25, -0.2) is 12.8 Å². The number of hydrogen-bond donors (Lipinski definition) is 1. The van der Waals surface area contributed by atoms with Crippen molar-refractivity contribution in [1.29, 1.82) is 0 Å². The van der Waals surface area contributed by atoms with E-state index in [1.165, 1.54) is 35.2 Å². The van der Waals surface area contributed by atoms with Gasteiger partial charge in [0.2, 0.25) is 11.8 Å². The first kappa shape index (κ1) is 34.9. The molecule has 0 radical (unpaired) electrons. The minimum Gasteiger partial charge on any atom is -0.486 e. The van der Waals surface area contributed by atoms with Crippen LogP contribution in [-0.4, -0.2) is 57.0 Å². The molecular formula is C36H37BrFN3O6S. The Morgan fingerprint density at radius 2 is 1.56 bits per heavy atom. The third kappa shape index (κ3) is 8.53. The first-order valence-electron chi connectivity index (χ1n) is 15.6. The van der Waals surface area contributed by atoms with Crippen molar-refractivity contribution in [2.24, 2.45) is 0 Å². The summed E-state index contributed by atoms with van der Waals surface area (Å²) in [5.41, 5.74) is 1.64. The molecule has 0 saturated heterocycles. The highest BCUT2D eigenvalue weighted by molar-refractivity contribution is 9.10. The number of halogens is 2. The maximum atomic E-state index is 14.6. The van der Waals surface area contributed by atoms with Crippen LogP contribution in [0.15, 0.2) is 106 Å². The van der Waals surface area contributed by atoms with E-state index >= 15 is 0 Å². The van der Waals surface area contributed by atoms with Crippen molar-refractivity contribution < 1.29 is 31.9 Å². The molecule has 252 valence electrons. The van der Waals surface area contributed by atoms with Crippen LogP contribution in [0.3, 0.4) is 0 Å². The fourth-order valence-electron chi connectivity index (χ4n) is 5.23. The minimum atomic E-state index is -4.41. The molecule has 48 heavy (non-hydrogen) atoms. The highest BCUT2D eigenvalue weighted by atomic mass is 79.9. The van der Waals surface area contributed by atoms with Crippen LogP contribution in [0.2, 0.25) is 0 Å². The summed E-state index contributed by atoms with van der Waals surface area (Å²) in [4.78, 5) is 29.8. The summed E-state index contributed by atoms with van der Waals surface area (Å²) in [6, 6.07) is 24.6. The van der Waals surface area contributed by atoms with Crippen molar-refractivity contribution in [2.75, 3.05) is 24.1 Å². The van der Waals surface area contributed by atoms with Crippen LogP contribution in [0.25, 0.3) is 0 Å². The molecule has 9 nitrogen and oxygen atoms in total. The van der Waals surface area contributed by atoms with Gasteiger partial charge >= 0.3 is 0 Å². The van der Waals surface area contributed by atoms with Gasteiger partial charge in [0, 0.05) is 29.5 Å². The highest BCUT2D eigenvalue weighted by Gasteiger charge is 2.35. The van der Waals surface area contributed by atoms with Crippen molar-refractivity contribution >= 4 is 43.5 Å². The fraction of sp³-hybridized carbons (Fsp3) is 0.278. The van der Waals surface area contributed by atoms with E-state index in [9.17, 15) is 22.4 Å². The summed E-state index contributed by atoms with van der Waals surface area (Å²) in [6.07, 6.45) is 0.868. The van der Waals surface area contributed by atoms with Gasteiger partial charge in [-0.3, -0.25) is 13.9 Å². The average Bonchev–Trinajstić information content (AvgIpc) is 3.10. The average molecular weight is 739 g/mol. The summed E-state index contributed by atoms with van der Waals surface area (Å²) in [6.45, 7) is 3.78. The van der Waals surface area contributed by atoms with Crippen molar-refractivity contribution in [3.8, 4) is 11.5 Å². The standard InChI is InChI=1S/C36H37BrFN3O6S/c1-3-25(2)39-36(43)32(21-26-7-5-4-6-8-26)40(23-27-9-11-28(37)12-10-27)35(42)24-41(30-15-13-29(38)14-16-30)48(44,45)31-17-18-33-34(22-31)47-20-19-46-33/h4-18,22,25,32H,3,19-21,23-24H2,1-2H3,(H,39,43)/t25-,32-/m0/s1. The highest BCUT2D eigenvalue weighted by Crippen LogP contribution is 2.34. The normalized spacial score (nSPS) is 13.7. The molecule has 5 rings (SSSR count). The van der Waals surface area contributed by atoms with Crippen molar-refractivity contribution in [3.05, 3.63) is 118 Å². The number of benzene rings is 4. The van der Waals surface area contributed by atoms with E-state index in [-0.39, 0.29) is 47.9 Å². The topological polar surface area (TPSA) is 105 Å². The number of carbonyl (C=O) groups is 2. The lowest BCUT2D eigenvalue weighted by Crippen LogP contribution is -2.54. The Labute approximate surface area is 288 Å². The number of fused-ring (bicyclic) bond motifs is 1. The van der Waals surface area contributed by atoms with Gasteiger partial charge in [0.25, 0.3) is 10.0 Å². The fourth-order valence-corrected chi connectivity index (χ4v) is 6.92. The van der Waals surface area contributed by atoms with Crippen LogP contribution >= 0.6 is 15.9 Å². The number of sulfonamides is 1. The van der Waals surface area contributed by atoms with Gasteiger partial charge < -0.3 is 19.7 Å². The monoisotopic (exact) mass is 737 g/mol. The van der Waals surface area contributed by atoms with E-state index in [1.54, 1.807) is 0 Å². The molecule has 4 aromatic carbocycles. The number of nitrogens with zero attached hydrogens (tertiary/aromatic N) is 2. The lowest BCUT2D eigenvalue weighted by molar-refractivity contribution is -0.140. The van der Waals surface area contributed by atoms with Gasteiger partial charge in [-0.15, -0.1) is 0 Å². The van der Waals surface area contributed by atoms with Gasteiger partial charge in [0.15, 0.2) is 11.5 Å². The number of hydrogen-bond acceptors (Lipinski definition) is 6. The SMILES string of the molecule is CC[C@H](C)NC(=O)[C@H](Cc1ccccc1)N(Cc1ccc(Br)cc1)C(=O)CN(c1ccc(F)cc1)S(=O)(=O)c1ccc2c(c1)OCCO2. The molecule has 0 saturated carbocycles. The van der Waals surface area contributed by atoms with Crippen LogP contribution in [0.1, 0.15) is 31.4 Å². The molecule has 1 aliphatic rings. The molecule has 0 unspecified atom stereocenters. The summed E-state index contributed by atoms with van der Waals surface area (Å²) in [5.74, 6) is -0.885. The molecule has 1 N–H and O–H groups in total. The number of ether oxygens (including phenoxy) is 2. The second-order valence-corrected chi connectivity index (χ2v) is 14.2. The molecule has 12 heteroatoms. The first-order valence-corrected chi connectivity index (χ1v) is 17.8. The Bertz CT molecular complexity index is 1830. The van der Waals surface area contributed by atoms with Gasteiger partial charge in [0.1, 0.15) is 31.6 Å². The summed E-state index contributed by atoms with van der Waals surface area (Å²) < 4.78 is 55.6. The zero-order valence-electron chi connectivity index (χ0n) is 26.6. The molecule has 2 amide bonds. The summed E-state index contributed by atoms with van der Waals surface area (Å²) in [5, 5.41) is 3.02. The largest absolute Gasteiger partial charge is 0.486 e. The van der Waals surface area contributed by atoms with Crippen LogP contribution < -0.4 is 19.1 Å². The third-order valence-corrected chi connectivity index (χ3v) is 10.3. The zero-order chi connectivity index (χ0) is 34.3. The quantitative estimate of drug-likeness (QED) is 0.178. The van der Waals surface area contributed by atoms with Crippen LogP contribution in [0.5, 0.6) is 11.5 Å². The maximum absolute atomic E-state index is 14.6. The van der Waals surface area contributed by atoms with Crippen LogP contribution in [0.4, 0.5) is 10.1 Å². The van der Waals surface area contributed by atoms with E-state index in [0.717, 1.165) is 32.0 Å². The summed E-state index contributed by atoms with van der Waals surface area (Å²) >= 11 is 3.44. The van der Waals surface area contributed by atoms with Crippen molar-refractivity contribution in [1.82, 2.24) is 10.2 Å². The Balaban J connectivity index is 1.57. The molecular weight excluding hydrogens is 701 g/mol. The van der Waals surface area contributed by atoms with Crippen molar-refractivity contribution in [3.63, 3.8) is 0 Å². The van der Waals surface area contributed by atoms with E-state index in [0.29, 0.717) is 18.8 Å². The van der Waals surface area contributed by atoms with Gasteiger partial charge in [-0.05, 0) is 73.0 Å². The lowest BCUT2D eigenvalue weighted by Gasteiger charge is -2.34. The molecule has 0 bridgehead atoms. The van der Waals surface area contributed by atoms with E-state index in [1.807, 2.05) is 68.4 Å². The van der Waals surface area contributed by atoms with Gasteiger partial charge in [-0.2, -0.15) is 0 Å². The molecule has 2 atom stereocenters. The Hall–Kier alpha value is -4.42. The molecule has 1 heterocycles. The molecule has 0 aliphatic carbocycles. The molecule has 1 aliphatic heterocycles. The molecule has 0 aromatic heterocycles. The number of carbonyl (C=O) groups excluding carboxylic acids is 2. The third-order valence-electron chi connectivity index (χ3n) is 8.03. The van der Waals surface area contributed by atoms with Crippen LogP contribution in [-0.2, 0) is 32.6 Å².